The number of aliphatic carboxylic acids is 1. The van der Waals surface area contributed by atoms with Crippen molar-refractivity contribution in [2.45, 2.75) is 31.3 Å². The molecule has 0 unspecified atom stereocenters. The van der Waals surface area contributed by atoms with Gasteiger partial charge in [0.1, 0.15) is 6.04 Å². The molecule has 0 spiro atoms. The molecule has 0 aliphatic rings. The summed E-state index contributed by atoms with van der Waals surface area (Å²) in [7, 11) is 0. The first kappa shape index (κ1) is 16.6. The van der Waals surface area contributed by atoms with Crippen molar-refractivity contribution in [2.75, 3.05) is 0 Å². The van der Waals surface area contributed by atoms with Crippen LogP contribution in [0.4, 0.5) is 0 Å². The van der Waals surface area contributed by atoms with Crippen molar-refractivity contribution in [1.82, 2.24) is 5.32 Å². The van der Waals surface area contributed by atoms with E-state index in [2.05, 4.69) is 5.32 Å². The maximum Gasteiger partial charge on any atom is 0.326 e. The number of carbonyl (C=O) groups is 3. The minimum atomic E-state index is -1.23. The van der Waals surface area contributed by atoms with Crippen LogP contribution < -0.4 is 16.8 Å². The molecule has 0 saturated heterocycles. The third-order valence-corrected chi connectivity index (χ3v) is 2.93. The number of nitrogens with one attached hydrogen (secondary N) is 1. The molecule has 0 saturated carbocycles. The van der Waals surface area contributed by atoms with Gasteiger partial charge in [-0.15, -0.1) is 0 Å². The molecule has 114 valence electrons. The first-order valence-electron chi connectivity index (χ1n) is 6.51. The number of nitrogens with two attached hydrogens (primary N) is 2. The molecule has 0 heterocycles. The fraction of sp³-hybridized carbons (Fsp3) is 0.357. The van der Waals surface area contributed by atoms with Crippen LogP contribution in [-0.2, 0) is 20.8 Å². The van der Waals surface area contributed by atoms with Crippen LogP contribution in [0, 0.1) is 0 Å². The number of carboxylic acids is 1. The largest absolute Gasteiger partial charge is 0.480 e. The topological polar surface area (TPSA) is 136 Å². The molecule has 1 aromatic rings. The highest BCUT2D eigenvalue weighted by Crippen LogP contribution is 2.03. The molecule has 0 fully saturated rings. The van der Waals surface area contributed by atoms with Crippen molar-refractivity contribution < 1.29 is 19.5 Å². The molecule has 2 amide bonds. The molecule has 0 aliphatic carbocycles. The maximum absolute atomic E-state index is 11.9. The van der Waals surface area contributed by atoms with Gasteiger partial charge in [-0.3, -0.25) is 9.59 Å². The van der Waals surface area contributed by atoms with E-state index in [1.807, 2.05) is 30.3 Å². The fourth-order valence-corrected chi connectivity index (χ4v) is 1.78. The lowest BCUT2D eigenvalue weighted by atomic mass is 10.1. The number of carbonyl (C=O) groups excluding carboxylic acids is 2. The molecule has 21 heavy (non-hydrogen) atoms. The Labute approximate surface area is 122 Å². The molecule has 0 aliphatic heterocycles. The quantitative estimate of drug-likeness (QED) is 0.507. The summed E-state index contributed by atoms with van der Waals surface area (Å²) in [6.07, 6.45) is 0.120. The van der Waals surface area contributed by atoms with Gasteiger partial charge in [-0.25, -0.2) is 4.79 Å². The number of carboxylic acid groups (broad SMARTS) is 1. The molecular weight excluding hydrogens is 274 g/mol. The van der Waals surface area contributed by atoms with E-state index < -0.39 is 29.9 Å². The molecule has 2 atom stereocenters. The van der Waals surface area contributed by atoms with Gasteiger partial charge in [0.05, 0.1) is 6.04 Å². The number of hydrogen-bond donors (Lipinski definition) is 4. The first-order chi connectivity index (χ1) is 9.90. The smallest absolute Gasteiger partial charge is 0.326 e. The van der Waals surface area contributed by atoms with Crippen LogP contribution in [0.15, 0.2) is 30.3 Å². The zero-order valence-electron chi connectivity index (χ0n) is 11.5. The normalized spacial score (nSPS) is 13.2. The summed E-state index contributed by atoms with van der Waals surface area (Å²) < 4.78 is 0. The summed E-state index contributed by atoms with van der Waals surface area (Å²) >= 11 is 0. The van der Waals surface area contributed by atoms with Gasteiger partial charge in [-0.1, -0.05) is 30.3 Å². The Hall–Kier alpha value is -2.41. The first-order valence-corrected chi connectivity index (χ1v) is 6.51. The van der Waals surface area contributed by atoms with Gasteiger partial charge in [0.2, 0.25) is 11.8 Å². The standard InChI is InChI=1S/C14H19N3O4/c15-10(8-9-4-2-1-3-5-9)13(19)17-11(14(20)21)6-7-12(16)18/h1-5,10-11H,6-8,15H2,(H2,16,18)(H,17,19)(H,20,21)/t10-,11-/m1/s1. The highest BCUT2D eigenvalue weighted by atomic mass is 16.4. The summed E-state index contributed by atoms with van der Waals surface area (Å²) in [6.45, 7) is 0. The van der Waals surface area contributed by atoms with Crippen LogP contribution >= 0.6 is 0 Å². The van der Waals surface area contributed by atoms with Gasteiger partial charge in [0.15, 0.2) is 0 Å². The molecule has 7 heteroatoms. The van der Waals surface area contributed by atoms with Crippen molar-refractivity contribution in [3.63, 3.8) is 0 Å². The van der Waals surface area contributed by atoms with Gasteiger partial charge in [-0.05, 0) is 18.4 Å². The third-order valence-electron chi connectivity index (χ3n) is 2.93. The molecule has 7 nitrogen and oxygen atoms in total. The molecule has 1 aromatic carbocycles. The average molecular weight is 293 g/mol. The molecule has 0 aromatic heterocycles. The summed E-state index contributed by atoms with van der Waals surface area (Å²) in [4.78, 5) is 33.6. The van der Waals surface area contributed by atoms with Crippen LogP contribution in [0.1, 0.15) is 18.4 Å². The van der Waals surface area contributed by atoms with Crippen LogP contribution in [0.3, 0.4) is 0 Å². The highest BCUT2D eigenvalue weighted by molar-refractivity contribution is 5.87. The lowest BCUT2D eigenvalue weighted by molar-refractivity contribution is -0.142. The number of hydrogen-bond acceptors (Lipinski definition) is 4. The summed E-state index contributed by atoms with van der Waals surface area (Å²) in [6, 6.07) is 7.12. The van der Waals surface area contributed by atoms with E-state index in [9.17, 15) is 14.4 Å². The van der Waals surface area contributed by atoms with E-state index >= 15 is 0 Å². The third kappa shape index (κ3) is 6.05. The van der Waals surface area contributed by atoms with Gasteiger partial charge in [-0.2, -0.15) is 0 Å². The van der Waals surface area contributed by atoms with E-state index in [1.165, 1.54) is 0 Å². The number of benzene rings is 1. The minimum absolute atomic E-state index is 0.0610. The Morgan fingerprint density at radius 3 is 2.33 bits per heavy atom. The van der Waals surface area contributed by atoms with Crippen molar-refractivity contribution in [3.05, 3.63) is 35.9 Å². The summed E-state index contributed by atoms with van der Waals surface area (Å²) in [5.74, 6) is -2.42. The number of amides is 2. The highest BCUT2D eigenvalue weighted by Gasteiger charge is 2.23. The van der Waals surface area contributed by atoms with Gasteiger partial charge < -0.3 is 21.9 Å². The van der Waals surface area contributed by atoms with Crippen molar-refractivity contribution >= 4 is 17.8 Å². The van der Waals surface area contributed by atoms with Crippen LogP contribution in [-0.4, -0.2) is 35.0 Å². The van der Waals surface area contributed by atoms with Crippen molar-refractivity contribution in [3.8, 4) is 0 Å². The zero-order chi connectivity index (χ0) is 15.8. The average Bonchev–Trinajstić information content (AvgIpc) is 2.43. The lowest BCUT2D eigenvalue weighted by Gasteiger charge is -2.17. The molecule has 6 N–H and O–H groups in total. The Morgan fingerprint density at radius 1 is 1.19 bits per heavy atom. The maximum atomic E-state index is 11.9. The second-order valence-electron chi connectivity index (χ2n) is 4.70. The zero-order valence-corrected chi connectivity index (χ0v) is 11.5. The SMILES string of the molecule is NC(=O)CC[C@@H](NC(=O)[C@H](N)Cc1ccccc1)C(=O)O. The molecule has 0 bridgehead atoms. The van der Waals surface area contributed by atoms with E-state index in [-0.39, 0.29) is 12.8 Å². The van der Waals surface area contributed by atoms with E-state index in [4.69, 9.17) is 16.6 Å². The van der Waals surface area contributed by atoms with Crippen molar-refractivity contribution in [1.29, 1.82) is 0 Å². The van der Waals surface area contributed by atoms with E-state index in [1.54, 1.807) is 0 Å². The lowest BCUT2D eigenvalue weighted by Crippen LogP contribution is -2.49. The Morgan fingerprint density at radius 2 is 1.81 bits per heavy atom. The Balaban J connectivity index is 2.56. The van der Waals surface area contributed by atoms with Crippen LogP contribution in [0.5, 0.6) is 0 Å². The van der Waals surface area contributed by atoms with Gasteiger partial charge in [0.25, 0.3) is 0 Å². The predicted octanol–water partition coefficient (Wildman–Crippen LogP) is -0.609. The minimum Gasteiger partial charge on any atom is -0.480 e. The molecule has 0 radical (unpaired) electrons. The number of rotatable bonds is 8. The van der Waals surface area contributed by atoms with E-state index in [0.717, 1.165) is 5.56 Å². The summed E-state index contributed by atoms with van der Waals surface area (Å²) in [5, 5.41) is 11.3. The Bertz CT molecular complexity index is 504. The molecule has 1 rings (SSSR count). The Kier molecular flexibility index (Phi) is 6.35. The second-order valence-corrected chi connectivity index (χ2v) is 4.70. The van der Waals surface area contributed by atoms with Crippen molar-refractivity contribution in [2.24, 2.45) is 11.5 Å². The monoisotopic (exact) mass is 293 g/mol. The molecular formula is C14H19N3O4. The van der Waals surface area contributed by atoms with E-state index in [0.29, 0.717) is 6.42 Å². The van der Waals surface area contributed by atoms with Gasteiger partial charge >= 0.3 is 5.97 Å². The fourth-order valence-electron chi connectivity index (χ4n) is 1.78. The second kappa shape index (κ2) is 8.01. The number of primary amides is 1. The summed E-state index contributed by atoms with van der Waals surface area (Å²) in [5.41, 5.74) is 11.6. The van der Waals surface area contributed by atoms with Crippen LogP contribution in [0.2, 0.25) is 0 Å². The van der Waals surface area contributed by atoms with Gasteiger partial charge in [0, 0.05) is 6.42 Å². The predicted molar refractivity (Wildman–Crippen MR) is 76.1 cm³/mol. The van der Waals surface area contributed by atoms with Crippen LogP contribution in [0.25, 0.3) is 0 Å².